The van der Waals surface area contributed by atoms with Gasteiger partial charge in [0.15, 0.2) is 5.75 Å². The van der Waals surface area contributed by atoms with Crippen LogP contribution in [0.2, 0.25) is 10.0 Å². The van der Waals surface area contributed by atoms with E-state index in [0.717, 1.165) is 5.56 Å². The standard InChI is InChI=1S/C14H8Cl2N2O3.C3H8.C2H6/c15-9-3-1-8(2-4-9)12-7-21-14-6-13(18(19)20)10(16)5-11(14)17-12;1-3-2;1-2/h1-6H,7H2;3H2,1-2H3;1-2H3. The average Bonchev–Trinajstić information content (AvgIpc) is 2.63. The van der Waals surface area contributed by atoms with E-state index in [1.165, 1.54) is 18.6 Å². The second-order valence-electron chi connectivity index (χ2n) is 5.09. The Morgan fingerprint density at radius 3 is 2.27 bits per heavy atom. The minimum absolute atomic E-state index is 0.0310. The molecule has 0 amide bonds. The van der Waals surface area contributed by atoms with Crippen LogP contribution in [0.4, 0.5) is 11.4 Å². The fourth-order valence-electron chi connectivity index (χ4n) is 1.99. The van der Waals surface area contributed by atoms with E-state index in [-0.39, 0.29) is 17.3 Å². The first-order valence-corrected chi connectivity index (χ1v) is 9.16. The molecule has 1 heterocycles. The number of nitro benzene ring substituents is 1. The summed E-state index contributed by atoms with van der Waals surface area (Å²) in [6, 6.07) is 9.92. The quantitative estimate of drug-likeness (QED) is 0.411. The second-order valence-corrected chi connectivity index (χ2v) is 5.93. The number of benzene rings is 2. The third-order valence-corrected chi connectivity index (χ3v) is 3.58. The molecule has 1 aliphatic rings. The maximum absolute atomic E-state index is 10.8. The van der Waals surface area contributed by atoms with E-state index in [1.54, 1.807) is 12.1 Å². The maximum Gasteiger partial charge on any atom is 0.291 e. The van der Waals surface area contributed by atoms with Gasteiger partial charge in [-0.05, 0) is 23.8 Å². The molecule has 0 saturated carbocycles. The zero-order valence-electron chi connectivity index (χ0n) is 15.3. The summed E-state index contributed by atoms with van der Waals surface area (Å²) in [5.74, 6) is 0.351. The predicted molar refractivity (Wildman–Crippen MR) is 109 cm³/mol. The lowest BCUT2D eigenvalue weighted by Gasteiger charge is -2.17. The monoisotopic (exact) mass is 396 g/mol. The van der Waals surface area contributed by atoms with Gasteiger partial charge in [0.2, 0.25) is 0 Å². The molecule has 0 radical (unpaired) electrons. The van der Waals surface area contributed by atoms with Gasteiger partial charge in [0.1, 0.15) is 17.3 Å². The summed E-state index contributed by atoms with van der Waals surface area (Å²) in [7, 11) is 0. The summed E-state index contributed by atoms with van der Waals surface area (Å²) in [4.78, 5) is 14.7. The van der Waals surface area contributed by atoms with E-state index < -0.39 is 4.92 Å². The van der Waals surface area contributed by atoms with Gasteiger partial charge in [-0.15, -0.1) is 0 Å². The van der Waals surface area contributed by atoms with Gasteiger partial charge in [0, 0.05) is 5.02 Å². The molecule has 26 heavy (non-hydrogen) atoms. The molecular formula is C19H22Cl2N2O3. The Kier molecular flexibility index (Phi) is 9.10. The Balaban J connectivity index is 0.000000615. The summed E-state index contributed by atoms with van der Waals surface area (Å²) in [6.45, 7) is 8.48. The van der Waals surface area contributed by atoms with E-state index in [0.29, 0.717) is 22.2 Å². The fraction of sp³-hybridized carbons (Fsp3) is 0.316. The molecule has 5 nitrogen and oxygen atoms in total. The zero-order chi connectivity index (χ0) is 19.7. The van der Waals surface area contributed by atoms with Crippen LogP contribution >= 0.6 is 23.2 Å². The number of fused-ring (bicyclic) bond motifs is 1. The third kappa shape index (κ3) is 5.71. The lowest BCUT2D eigenvalue weighted by atomic mass is 10.1. The lowest BCUT2D eigenvalue weighted by Crippen LogP contribution is -2.16. The molecule has 2 aromatic rings. The minimum atomic E-state index is -0.551. The number of nitrogens with zero attached hydrogens (tertiary/aromatic N) is 2. The normalized spacial score (nSPS) is 11.5. The van der Waals surface area contributed by atoms with E-state index in [2.05, 4.69) is 18.8 Å². The van der Waals surface area contributed by atoms with Crippen LogP contribution in [0.25, 0.3) is 0 Å². The van der Waals surface area contributed by atoms with Crippen molar-refractivity contribution in [2.45, 2.75) is 34.1 Å². The van der Waals surface area contributed by atoms with Gasteiger partial charge in [-0.2, -0.15) is 0 Å². The Bertz CT molecular complexity index is 775. The highest BCUT2D eigenvalue weighted by Gasteiger charge is 2.21. The molecule has 0 N–H and O–H groups in total. The molecular weight excluding hydrogens is 375 g/mol. The number of halogens is 2. The van der Waals surface area contributed by atoms with Crippen LogP contribution < -0.4 is 4.74 Å². The van der Waals surface area contributed by atoms with Crippen molar-refractivity contribution in [2.24, 2.45) is 4.99 Å². The zero-order valence-corrected chi connectivity index (χ0v) is 16.8. The molecule has 0 saturated heterocycles. The van der Waals surface area contributed by atoms with Crippen LogP contribution in [0.15, 0.2) is 41.4 Å². The van der Waals surface area contributed by atoms with Gasteiger partial charge in [0.05, 0.1) is 16.7 Å². The number of rotatable bonds is 2. The van der Waals surface area contributed by atoms with Crippen LogP contribution in [-0.2, 0) is 0 Å². The van der Waals surface area contributed by atoms with Gasteiger partial charge in [-0.1, -0.05) is 69.5 Å². The molecule has 140 valence electrons. The SMILES string of the molecule is CC.CCC.O=[N+]([O-])c1cc2c(cc1Cl)N=C(c1ccc(Cl)cc1)CO2. The van der Waals surface area contributed by atoms with Crippen molar-refractivity contribution in [1.82, 2.24) is 0 Å². The number of nitro groups is 1. The summed E-state index contributed by atoms with van der Waals surface area (Å²) in [6.07, 6.45) is 1.25. The van der Waals surface area contributed by atoms with E-state index >= 15 is 0 Å². The van der Waals surface area contributed by atoms with Gasteiger partial charge in [0.25, 0.3) is 5.69 Å². The van der Waals surface area contributed by atoms with E-state index in [9.17, 15) is 10.1 Å². The van der Waals surface area contributed by atoms with Crippen molar-refractivity contribution < 1.29 is 9.66 Å². The minimum Gasteiger partial charge on any atom is -0.485 e. The van der Waals surface area contributed by atoms with Crippen LogP contribution in [-0.4, -0.2) is 17.2 Å². The van der Waals surface area contributed by atoms with E-state index in [1.807, 2.05) is 26.0 Å². The van der Waals surface area contributed by atoms with Crippen LogP contribution in [0.1, 0.15) is 39.7 Å². The molecule has 0 fully saturated rings. The molecule has 2 aromatic carbocycles. The smallest absolute Gasteiger partial charge is 0.291 e. The van der Waals surface area contributed by atoms with Crippen molar-refractivity contribution in [3.05, 3.63) is 62.1 Å². The van der Waals surface area contributed by atoms with Crippen LogP contribution in [0, 0.1) is 10.1 Å². The Hall–Kier alpha value is -2.11. The lowest BCUT2D eigenvalue weighted by molar-refractivity contribution is -0.384. The molecule has 0 bridgehead atoms. The van der Waals surface area contributed by atoms with Crippen LogP contribution in [0.5, 0.6) is 5.75 Å². The molecule has 0 unspecified atom stereocenters. The highest BCUT2D eigenvalue weighted by Crippen LogP contribution is 2.39. The molecule has 3 rings (SSSR count). The van der Waals surface area contributed by atoms with E-state index in [4.69, 9.17) is 27.9 Å². The van der Waals surface area contributed by atoms with Crippen molar-refractivity contribution in [1.29, 1.82) is 0 Å². The topological polar surface area (TPSA) is 64.7 Å². The summed E-state index contributed by atoms with van der Waals surface area (Å²) < 4.78 is 5.54. The first kappa shape index (κ1) is 21.9. The van der Waals surface area contributed by atoms with Crippen LogP contribution in [0.3, 0.4) is 0 Å². The largest absolute Gasteiger partial charge is 0.485 e. The summed E-state index contributed by atoms with van der Waals surface area (Å²) >= 11 is 11.7. The summed E-state index contributed by atoms with van der Waals surface area (Å²) in [5.41, 5.74) is 1.87. The molecule has 0 spiro atoms. The predicted octanol–water partition coefficient (Wildman–Crippen LogP) is 6.86. The Morgan fingerprint density at radius 2 is 1.73 bits per heavy atom. The highest BCUT2D eigenvalue weighted by molar-refractivity contribution is 6.33. The number of aliphatic imine (C=N–C) groups is 1. The molecule has 0 atom stereocenters. The second kappa shape index (κ2) is 10.8. The number of ether oxygens (including phenoxy) is 1. The van der Waals surface area contributed by atoms with Crippen molar-refractivity contribution in [2.75, 3.05) is 6.61 Å². The molecule has 7 heteroatoms. The fourth-order valence-corrected chi connectivity index (χ4v) is 2.34. The van der Waals surface area contributed by atoms with Crippen molar-refractivity contribution in [3.8, 4) is 5.75 Å². The number of hydrogen-bond donors (Lipinski definition) is 0. The van der Waals surface area contributed by atoms with Gasteiger partial charge >= 0.3 is 0 Å². The Labute approximate surface area is 163 Å². The molecule has 1 aliphatic heterocycles. The maximum atomic E-state index is 10.8. The van der Waals surface area contributed by atoms with Gasteiger partial charge in [-0.25, -0.2) is 4.99 Å². The molecule has 0 aromatic heterocycles. The van der Waals surface area contributed by atoms with Gasteiger partial charge in [-0.3, -0.25) is 10.1 Å². The number of hydrogen-bond acceptors (Lipinski definition) is 4. The third-order valence-electron chi connectivity index (χ3n) is 3.02. The highest BCUT2D eigenvalue weighted by atomic mass is 35.5. The molecule has 0 aliphatic carbocycles. The average molecular weight is 397 g/mol. The first-order chi connectivity index (χ1) is 12.5. The van der Waals surface area contributed by atoms with Crippen molar-refractivity contribution in [3.63, 3.8) is 0 Å². The Morgan fingerprint density at radius 1 is 1.15 bits per heavy atom. The van der Waals surface area contributed by atoms with Gasteiger partial charge < -0.3 is 4.74 Å². The first-order valence-electron chi connectivity index (χ1n) is 8.40. The van der Waals surface area contributed by atoms with Crippen molar-refractivity contribution >= 4 is 40.3 Å². The summed E-state index contributed by atoms with van der Waals surface area (Å²) in [5, 5.41) is 11.5.